The van der Waals surface area contributed by atoms with Crippen molar-refractivity contribution >= 4 is 5.91 Å². The molecule has 10 heteroatoms. The largest absolute Gasteiger partial charge is 0.479 e. The molecule has 0 spiro atoms. The number of benzene rings is 2. The summed E-state index contributed by atoms with van der Waals surface area (Å²) in [6.45, 7) is 4.52. The summed E-state index contributed by atoms with van der Waals surface area (Å²) in [5.74, 6) is -12.4. The van der Waals surface area contributed by atoms with Gasteiger partial charge in [0.2, 0.25) is 29.1 Å². The van der Waals surface area contributed by atoms with Crippen LogP contribution in [0.1, 0.15) is 27.4 Å². The maximum Gasteiger partial charge on any atom is 0.289 e. The van der Waals surface area contributed by atoms with Crippen LogP contribution in [0, 0.1) is 36.0 Å². The van der Waals surface area contributed by atoms with Gasteiger partial charge < -0.3 is 14.1 Å². The van der Waals surface area contributed by atoms with Crippen LogP contribution < -0.4 is 4.74 Å². The minimum absolute atomic E-state index is 0.00891. The van der Waals surface area contributed by atoms with E-state index in [2.05, 4.69) is 17.0 Å². The Morgan fingerprint density at radius 2 is 1.56 bits per heavy atom. The number of amides is 1. The van der Waals surface area contributed by atoms with Gasteiger partial charge in [-0.05, 0) is 24.6 Å². The van der Waals surface area contributed by atoms with Crippen molar-refractivity contribution in [1.82, 2.24) is 9.80 Å². The summed E-state index contributed by atoms with van der Waals surface area (Å²) in [7, 11) is 0. The Bertz CT molecular complexity index is 1180. The summed E-state index contributed by atoms with van der Waals surface area (Å²) in [4.78, 5) is 16.6. The van der Waals surface area contributed by atoms with Gasteiger partial charge in [0, 0.05) is 32.7 Å². The standard InChI is InChI=1S/C24H21F5N2O3/c1-14-3-2-4-15(11-14)12-30-7-9-31(10-8-30)24(32)17-6-5-16(34-17)13-33-23-21(28)19(26)18(25)20(27)22(23)29/h2-6,11H,7-10,12-13H2,1H3. The fraction of sp³-hybridized carbons (Fsp3) is 0.292. The number of furan rings is 1. The Balaban J connectivity index is 1.34. The van der Waals surface area contributed by atoms with E-state index in [1.165, 1.54) is 23.3 Å². The molecule has 2 aromatic carbocycles. The monoisotopic (exact) mass is 480 g/mol. The minimum atomic E-state index is -2.27. The Kier molecular flexibility index (Phi) is 6.87. The second kappa shape index (κ2) is 9.84. The molecule has 0 radical (unpaired) electrons. The quantitative estimate of drug-likeness (QED) is 0.288. The van der Waals surface area contributed by atoms with Crippen LogP contribution in [-0.2, 0) is 13.2 Å². The molecule has 2 heterocycles. The zero-order valence-electron chi connectivity index (χ0n) is 18.2. The third-order valence-corrected chi connectivity index (χ3v) is 5.55. The highest BCUT2D eigenvalue weighted by atomic mass is 19.2. The maximum atomic E-state index is 13.7. The van der Waals surface area contributed by atoms with Crippen molar-refractivity contribution < 1.29 is 35.9 Å². The van der Waals surface area contributed by atoms with Crippen LogP contribution in [0.5, 0.6) is 5.75 Å². The van der Waals surface area contributed by atoms with Crippen LogP contribution in [-0.4, -0.2) is 41.9 Å². The first kappa shape index (κ1) is 23.7. The third-order valence-electron chi connectivity index (χ3n) is 5.55. The van der Waals surface area contributed by atoms with Crippen molar-refractivity contribution in [3.8, 4) is 5.75 Å². The normalized spacial score (nSPS) is 14.5. The molecule has 4 rings (SSSR count). The lowest BCUT2D eigenvalue weighted by molar-refractivity contribution is 0.0594. The summed E-state index contributed by atoms with van der Waals surface area (Å²) in [5, 5.41) is 0. The van der Waals surface area contributed by atoms with Gasteiger partial charge in [-0.2, -0.15) is 8.78 Å². The van der Waals surface area contributed by atoms with Gasteiger partial charge in [0.15, 0.2) is 11.5 Å². The lowest BCUT2D eigenvalue weighted by Gasteiger charge is -2.34. The number of carbonyl (C=O) groups excluding carboxylic acids is 1. The number of carbonyl (C=O) groups is 1. The van der Waals surface area contributed by atoms with E-state index in [-0.39, 0.29) is 17.4 Å². The van der Waals surface area contributed by atoms with Crippen molar-refractivity contribution in [3.63, 3.8) is 0 Å². The van der Waals surface area contributed by atoms with Crippen molar-refractivity contribution in [2.24, 2.45) is 0 Å². The predicted octanol–water partition coefficient (Wildman–Crippen LogP) is 4.82. The molecule has 0 unspecified atom stereocenters. The van der Waals surface area contributed by atoms with E-state index < -0.39 is 41.4 Å². The van der Waals surface area contributed by atoms with Crippen LogP contribution in [0.15, 0.2) is 40.8 Å². The molecule has 180 valence electrons. The average molecular weight is 480 g/mol. The van der Waals surface area contributed by atoms with Crippen LogP contribution >= 0.6 is 0 Å². The Labute approximate surface area is 192 Å². The van der Waals surface area contributed by atoms with Gasteiger partial charge in [-0.25, -0.2) is 13.2 Å². The van der Waals surface area contributed by atoms with Gasteiger partial charge in [-0.3, -0.25) is 9.69 Å². The lowest BCUT2D eigenvalue weighted by Crippen LogP contribution is -2.48. The molecule has 1 aromatic heterocycles. The van der Waals surface area contributed by atoms with Gasteiger partial charge in [0.05, 0.1) is 0 Å². The molecule has 0 bridgehead atoms. The van der Waals surface area contributed by atoms with Crippen LogP contribution in [0.2, 0.25) is 0 Å². The molecule has 0 atom stereocenters. The molecule has 0 N–H and O–H groups in total. The third kappa shape index (κ3) is 4.91. The topological polar surface area (TPSA) is 45.9 Å². The maximum absolute atomic E-state index is 13.7. The zero-order valence-corrected chi connectivity index (χ0v) is 18.2. The van der Waals surface area contributed by atoms with E-state index in [4.69, 9.17) is 9.15 Å². The lowest BCUT2D eigenvalue weighted by atomic mass is 10.1. The van der Waals surface area contributed by atoms with E-state index in [9.17, 15) is 26.7 Å². The van der Waals surface area contributed by atoms with Crippen molar-refractivity contribution in [2.75, 3.05) is 26.2 Å². The molecule has 1 aliphatic rings. The number of aryl methyl sites for hydroxylation is 1. The second-order valence-corrected chi connectivity index (χ2v) is 8.01. The number of rotatable bonds is 6. The highest BCUT2D eigenvalue weighted by molar-refractivity contribution is 5.91. The summed E-state index contributed by atoms with van der Waals surface area (Å²) in [6.07, 6.45) is 0. The number of hydrogen-bond donors (Lipinski definition) is 0. The van der Waals surface area contributed by atoms with Crippen LogP contribution in [0.3, 0.4) is 0 Å². The van der Waals surface area contributed by atoms with Gasteiger partial charge in [0.1, 0.15) is 12.4 Å². The van der Waals surface area contributed by atoms with Crippen LogP contribution in [0.4, 0.5) is 22.0 Å². The number of halogens is 5. The number of hydrogen-bond acceptors (Lipinski definition) is 4. The molecule has 3 aromatic rings. The van der Waals surface area contributed by atoms with Crippen molar-refractivity contribution in [1.29, 1.82) is 0 Å². The molecule has 0 aliphatic carbocycles. The highest BCUT2D eigenvalue weighted by Gasteiger charge is 2.28. The Morgan fingerprint density at radius 1 is 0.912 bits per heavy atom. The van der Waals surface area contributed by atoms with E-state index in [1.54, 1.807) is 4.90 Å². The summed E-state index contributed by atoms with van der Waals surface area (Å²) >= 11 is 0. The number of ether oxygens (including phenoxy) is 1. The fourth-order valence-corrected chi connectivity index (χ4v) is 3.76. The first-order chi connectivity index (χ1) is 16.2. The molecule has 0 saturated carbocycles. The number of piperazine rings is 1. The summed E-state index contributed by atoms with van der Waals surface area (Å²) in [6, 6.07) is 10.9. The molecule has 1 aliphatic heterocycles. The second-order valence-electron chi connectivity index (χ2n) is 8.01. The minimum Gasteiger partial charge on any atom is -0.479 e. The van der Waals surface area contributed by atoms with Crippen molar-refractivity contribution in [2.45, 2.75) is 20.1 Å². The van der Waals surface area contributed by atoms with Gasteiger partial charge >= 0.3 is 0 Å². The first-order valence-electron chi connectivity index (χ1n) is 10.5. The first-order valence-corrected chi connectivity index (χ1v) is 10.5. The number of nitrogens with zero attached hydrogens (tertiary/aromatic N) is 2. The van der Waals surface area contributed by atoms with Gasteiger partial charge in [-0.1, -0.05) is 29.8 Å². The zero-order chi connectivity index (χ0) is 24.4. The molecule has 5 nitrogen and oxygen atoms in total. The predicted molar refractivity (Wildman–Crippen MR) is 112 cm³/mol. The SMILES string of the molecule is Cc1cccc(CN2CCN(C(=O)c3ccc(COc4c(F)c(F)c(F)c(F)c4F)o3)CC2)c1. The van der Waals surface area contributed by atoms with E-state index in [0.29, 0.717) is 26.2 Å². The summed E-state index contributed by atoms with van der Waals surface area (Å²) < 4.78 is 77.3. The van der Waals surface area contributed by atoms with E-state index >= 15 is 0 Å². The Morgan fingerprint density at radius 3 is 2.21 bits per heavy atom. The molecule has 1 saturated heterocycles. The summed E-state index contributed by atoms with van der Waals surface area (Å²) in [5.41, 5.74) is 2.38. The average Bonchev–Trinajstić information content (AvgIpc) is 3.30. The molecule has 1 amide bonds. The Hall–Kier alpha value is -3.40. The van der Waals surface area contributed by atoms with Gasteiger partial charge in [-0.15, -0.1) is 0 Å². The molecule has 1 fully saturated rings. The van der Waals surface area contributed by atoms with E-state index in [0.717, 1.165) is 6.54 Å². The van der Waals surface area contributed by atoms with Gasteiger partial charge in [0.25, 0.3) is 5.91 Å². The smallest absolute Gasteiger partial charge is 0.289 e. The van der Waals surface area contributed by atoms with Crippen LogP contribution in [0.25, 0.3) is 0 Å². The van der Waals surface area contributed by atoms with Crippen molar-refractivity contribution in [3.05, 3.63) is 88.1 Å². The van der Waals surface area contributed by atoms with E-state index in [1.807, 2.05) is 19.1 Å². The highest BCUT2D eigenvalue weighted by Crippen LogP contribution is 2.30. The molecular weight excluding hydrogens is 459 g/mol. The molecular formula is C24H21F5N2O3. The molecule has 34 heavy (non-hydrogen) atoms. The fourth-order valence-electron chi connectivity index (χ4n) is 3.76.